The average Bonchev–Trinajstić information content (AvgIpc) is 3.25. The highest BCUT2D eigenvalue weighted by Gasteiger charge is 2.31. The van der Waals surface area contributed by atoms with Crippen molar-refractivity contribution in [3.05, 3.63) is 98.8 Å². The fourth-order valence-electron chi connectivity index (χ4n) is 4.34. The topological polar surface area (TPSA) is 187 Å². The summed E-state index contributed by atoms with van der Waals surface area (Å²) in [5, 5.41) is 10.5. The van der Waals surface area contributed by atoms with E-state index in [1.54, 1.807) is 24.3 Å². The van der Waals surface area contributed by atoms with Crippen molar-refractivity contribution in [3.63, 3.8) is 0 Å². The highest BCUT2D eigenvalue weighted by molar-refractivity contribution is 8.15. The number of aromatic nitrogens is 3. The van der Waals surface area contributed by atoms with Crippen molar-refractivity contribution < 1.29 is 27.9 Å². The van der Waals surface area contributed by atoms with Crippen LogP contribution in [0.1, 0.15) is 11.1 Å². The summed E-state index contributed by atoms with van der Waals surface area (Å²) < 4.78 is 30.3. The van der Waals surface area contributed by atoms with Crippen LogP contribution in [0.25, 0.3) is 11.0 Å². The van der Waals surface area contributed by atoms with Crippen LogP contribution in [0.3, 0.4) is 0 Å². The number of pyridine rings is 1. The van der Waals surface area contributed by atoms with Gasteiger partial charge in [-0.1, -0.05) is 36.0 Å². The number of nitrogens with zero attached hydrogens (tertiary/aromatic N) is 3. The van der Waals surface area contributed by atoms with Gasteiger partial charge in [0.05, 0.1) is 22.1 Å². The number of sulfonamides is 1. The van der Waals surface area contributed by atoms with Gasteiger partial charge in [-0.25, -0.2) is 18.2 Å². The number of carbonyl (C=O) groups is 3. The van der Waals surface area contributed by atoms with E-state index in [0.717, 1.165) is 20.9 Å². The van der Waals surface area contributed by atoms with Crippen molar-refractivity contribution in [1.82, 2.24) is 19.4 Å². The predicted octanol–water partition coefficient (Wildman–Crippen LogP) is 1.39. The summed E-state index contributed by atoms with van der Waals surface area (Å²) in [6, 6.07) is 14.9. The van der Waals surface area contributed by atoms with Gasteiger partial charge in [-0.05, 0) is 53.9 Å². The fourth-order valence-corrected chi connectivity index (χ4v) is 6.25. The number of nitrogens with one attached hydrogen (secondary N) is 2. The summed E-state index contributed by atoms with van der Waals surface area (Å²) in [4.78, 5) is 64.6. The number of amides is 2. The highest BCUT2D eigenvalue weighted by atomic mass is 32.2. The van der Waals surface area contributed by atoms with Crippen molar-refractivity contribution in [2.45, 2.75) is 29.7 Å². The Morgan fingerprint density at radius 3 is 2.44 bits per heavy atom. The number of thioether (sulfide) groups is 1. The van der Waals surface area contributed by atoms with E-state index < -0.39 is 44.3 Å². The maximum atomic E-state index is 13.1. The largest absolute Gasteiger partial charge is 0.480 e. The monoisotopic (exact) mass is 595 g/mol. The van der Waals surface area contributed by atoms with Crippen LogP contribution < -0.4 is 21.3 Å². The Morgan fingerprint density at radius 1 is 1.00 bits per heavy atom. The van der Waals surface area contributed by atoms with Gasteiger partial charge in [0.1, 0.15) is 12.2 Å². The quantitative estimate of drug-likeness (QED) is 0.255. The molecule has 3 heterocycles. The van der Waals surface area contributed by atoms with Gasteiger partial charge < -0.3 is 5.11 Å². The van der Waals surface area contributed by atoms with Crippen LogP contribution in [-0.4, -0.2) is 50.0 Å². The number of fused-ring (bicyclic) bond motifs is 1. The molecule has 2 aromatic carbocycles. The second kappa shape index (κ2) is 11.0. The van der Waals surface area contributed by atoms with Crippen LogP contribution in [0.4, 0.5) is 10.5 Å². The zero-order valence-corrected chi connectivity index (χ0v) is 22.6. The van der Waals surface area contributed by atoms with Gasteiger partial charge >= 0.3 is 11.7 Å². The molecule has 0 aliphatic carbocycles. The lowest BCUT2D eigenvalue weighted by atomic mass is 10.1. The van der Waals surface area contributed by atoms with Crippen LogP contribution >= 0.6 is 11.8 Å². The summed E-state index contributed by atoms with van der Waals surface area (Å²) >= 11 is 0.886. The number of rotatable bonds is 9. The summed E-state index contributed by atoms with van der Waals surface area (Å²) in [7, 11) is -4.03. The van der Waals surface area contributed by atoms with Crippen molar-refractivity contribution >= 4 is 55.6 Å². The number of aliphatic carboxylic acids is 1. The van der Waals surface area contributed by atoms with Crippen LogP contribution in [0, 0.1) is 0 Å². The second-order valence-electron chi connectivity index (χ2n) is 9.07. The minimum absolute atomic E-state index is 0.0407. The minimum atomic E-state index is -4.03. The molecule has 1 unspecified atom stereocenters. The van der Waals surface area contributed by atoms with E-state index in [2.05, 4.69) is 15.0 Å². The highest BCUT2D eigenvalue weighted by Crippen LogP contribution is 2.24. The molecule has 0 spiro atoms. The van der Waals surface area contributed by atoms with Crippen molar-refractivity contribution in [1.29, 1.82) is 0 Å². The first-order chi connectivity index (χ1) is 19.5. The molecule has 210 valence electrons. The van der Waals surface area contributed by atoms with E-state index in [-0.39, 0.29) is 40.5 Å². The van der Waals surface area contributed by atoms with E-state index in [0.29, 0.717) is 11.1 Å². The summed E-state index contributed by atoms with van der Waals surface area (Å²) in [5.74, 6) is -1.67. The predicted molar refractivity (Wildman–Crippen MR) is 149 cm³/mol. The third-order valence-corrected chi connectivity index (χ3v) is 8.59. The molecule has 1 aliphatic rings. The van der Waals surface area contributed by atoms with E-state index >= 15 is 0 Å². The molecule has 41 heavy (non-hydrogen) atoms. The Labute approximate surface area is 235 Å². The number of hydrogen-bond acceptors (Lipinski definition) is 9. The molecule has 0 saturated carbocycles. The second-order valence-corrected chi connectivity index (χ2v) is 11.9. The van der Waals surface area contributed by atoms with E-state index in [4.69, 9.17) is 0 Å². The molecule has 1 aliphatic heterocycles. The lowest BCUT2D eigenvalue weighted by molar-refractivity contribution is -0.137. The average molecular weight is 596 g/mol. The van der Waals surface area contributed by atoms with Gasteiger partial charge in [0.2, 0.25) is 5.91 Å². The Hall–Kier alpha value is -4.76. The molecule has 0 radical (unpaired) electrons. The molecule has 13 nitrogen and oxygen atoms in total. The van der Waals surface area contributed by atoms with Crippen molar-refractivity contribution in [2.24, 2.45) is 0 Å². The molecule has 1 saturated heterocycles. The van der Waals surface area contributed by atoms with E-state index in [1.807, 2.05) is 0 Å². The Bertz CT molecular complexity index is 1930. The molecule has 0 bridgehead atoms. The molecule has 1 fully saturated rings. The molecule has 3 N–H and O–H groups in total. The van der Waals surface area contributed by atoms with Gasteiger partial charge in [-0.2, -0.15) is 0 Å². The van der Waals surface area contributed by atoms with Gasteiger partial charge in [0.25, 0.3) is 20.8 Å². The number of carboxylic acid groups (broad SMARTS) is 1. The number of anilines is 1. The van der Waals surface area contributed by atoms with E-state index in [1.165, 1.54) is 42.6 Å². The maximum absolute atomic E-state index is 13.1. The first-order valence-electron chi connectivity index (χ1n) is 12.0. The number of imide groups is 1. The van der Waals surface area contributed by atoms with Crippen LogP contribution in [0.2, 0.25) is 0 Å². The zero-order valence-electron chi connectivity index (χ0n) is 21.0. The lowest BCUT2D eigenvalue weighted by Crippen LogP contribution is -2.41. The van der Waals surface area contributed by atoms with Gasteiger partial charge in [0.15, 0.2) is 0 Å². The first kappa shape index (κ1) is 27.8. The Morgan fingerprint density at radius 2 is 1.76 bits per heavy atom. The normalized spacial score (nSPS) is 15.2. The third kappa shape index (κ3) is 5.90. The first-order valence-corrected chi connectivity index (χ1v) is 14.4. The smallest absolute Gasteiger partial charge is 0.333 e. The maximum Gasteiger partial charge on any atom is 0.333 e. The number of carboxylic acids is 1. The summed E-state index contributed by atoms with van der Waals surface area (Å²) in [6.07, 6.45) is 1.61. The molecular weight excluding hydrogens is 574 g/mol. The van der Waals surface area contributed by atoms with E-state index in [9.17, 15) is 37.5 Å². The Balaban J connectivity index is 1.37. The molecular formula is C26H21N5O8S2. The molecule has 2 amide bonds. The molecule has 2 aromatic heterocycles. The molecule has 15 heteroatoms. The SMILES string of the molecule is O=C(O)Cn1c(=O)n(Cc2cccc(NS(=O)(=O)c3ccc(CC4SC(=O)NC4=O)cc3)c2)c(=O)c2cccnc21. The fraction of sp³-hybridized carbons (Fsp3) is 0.154. The van der Waals surface area contributed by atoms with Crippen LogP contribution in [0.5, 0.6) is 0 Å². The molecule has 5 rings (SSSR count). The molecule has 1 atom stereocenters. The van der Waals surface area contributed by atoms with Crippen LogP contribution in [0.15, 0.2) is 81.3 Å². The number of hydrogen-bond donors (Lipinski definition) is 3. The third-order valence-electron chi connectivity index (χ3n) is 6.21. The molecule has 4 aromatic rings. The zero-order chi connectivity index (χ0) is 29.3. The van der Waals surface area contributed by atoms with Gasteiger partial charge in [-0.15, -0.1) is 0 Å². The number of carbonyl (C=O) groups excluding carboxylic acids is 2. The van der Waals surface area contributed by atoms with Gasteiger partial charge in [0, 0.05) is 11.9 Å². The minimum Gasteiger partial charge on any atom is -0.480 e. The van der Waals surface area contributed by atoms with Gasteiger partial charge in [-0.3, -0.25) is 38.4 Å². The van der Waals surface area contributed by atoms with Crippen LogP contribution in [-0.2, 0) is 39.1 Å². The standard InChI is InChI=1S/C26H21N5O8S2/c32-21(33)14-30-22-19(5-2-10-27-22)24(35)31(26(30)37)13-16-3-1-4-17(11-16)29-41(38,39)18-8-6-15(7-9-18)12-20-23(34)28-25(36)40-20/h1-11,20,29H,12-14H2,(H,32,33)(H,28,34,36). The van der Waals surface area contributed by atoms with Crippen molar-refractivity contribution in [2.75, 3.05) is 4.72 Å². The summed E-state index contributed by atoms with van der Waals surface area (Å²) in [5.41, 5.74) is -0.321. The summed E-state index contributed by atoms with van der Waals surface area (Å²) in [6.45, 7) is -0.947. The number of benzene rings is 2. The lowest BCUT2D eigenvalue weighted by Gasteiger charge is -2.13. The van der Waals surface area contributed by atoms with Crippen molar-refractivity contribution in [3.8, 4) is 0 Å². The Kier molecular flexibility index (Phi) is 7.47.